The molecular formula is C11H15BrO2. The van der Waals surface area contributed by atoms with Crippen molar-refractivity contribution < 1.29 is 9.84 Å². The molecule has 3 heteroatoms. The molecule has 1 rings (SSSR count). The monoisotopic (exact) mass is 258 g/mol. The molecule has 0 aromatic heterocycles. The van der Waals surface area contributed by atoms with Gasteiger partial charge in [-0.2, -0.15) is 0 Å². The molecular weight excluding hydrogens is 244 g/mol. The van der Waals surface area contributed by atoms with Gasteiger partial charge >= 0.3 is 0 Å². The molecule has 1 aromatic rings. The normalized spacial score (nSPS) is 12.8. The van der Waals surface area contributed by atoms with Gasteiger partial charge in [0, 0.05) is 18.2 Å². The average molecular weight is 259 g/mol. The van der Waals surface area contributed by atoms with Gasteiger partial charge in [0.05, 0.1) is 6.10 Å². The van der Waals surface area contributed by atoms with Crippen LogP contribution in [-0.2, 0) is 11.2 Å². The number of aliphatic hydroxyl groups excluding tert-OH is 1. The highest BCUT2D eigenvalue weighted by atomic mass is 79.9. The molecule has 0 radical (unpaired) electrons. The first kappa shape index (κ1) is 11.7. The Hall–Kier alpha value is -0.380. The average Bonchev–Trinajstić information content (AvgIpc) is 2.18. The molecule has 2 nitrogen and oxygen atoms in total. The Morgan fingerprint density at radius 1 is 1.43 bits per heavy atom. The van der Waals surface area contributed by atoms with Crippen molar-refractivity contribution in [3.8, 4) is 0 Å². The fourth-order valence-corrected chi connectivity index (χ4v) is 1.72. The lowest BCUT2D eigenvalue weighted by molar-refractivity contribution is 0.110. The van der Waals surface area contributed by atoms with Crippen LogP contribution in [0.3, 0.4) is 0 Å². The van der Waals surface area contributed by atoms with Gasteiger partial charge in [-0.25, -0.2) is 0 Å². The molecule has 0 saturated heterocycles. The molecule has 1 aromatic carbocycles. The van der Waals surface area contributed by atoms with Gasteiger partial charge in [0.2, 0.25) is 0 Å². The van der Waals surface area contributed by atoms with Crippen molar-refractivity contribution in [3.63, 3.8) is 0 Å². The first-order chi connectivity index (χ1) is 6.74. The van der Waals surface area contributed by atoms with E-state index in [4.69, 9.17) is 4.74 Å². The molecule has 0 heterocycles. The van der Waals surface area contributed by atoms with Gasteiger partial charge in [0.1, 0.15) is 0 Å². The molecule has 0 aliphatic carbocycles. The summed E-state index contributed by atoms with van der Waals surface area (Å²) in [5, 5.41) is 9.66. The number of hydrogen-bond donors (Lipinski definition) is 1. The summed E-state index contributed by atoms with van der Waals surface area (Å²) in [7, 11) is 1.64. The largest absolute Gasteiger partial charge is 0.393 e. The van der Waals surface area contributed by atoms with Gasteiger partial charge in [-0.05, 0) is 24.5 Å². The predicted octanol–water partition coefficient (Wildman–Crippen LogP) is 2.39. The minimum Gasteiger partial charge on any atom is -0.393 e. The van der Waals surface area contributed by atoms with Crippen LogP contribution < -0.4 is 0 Å². The van der Waals surface area contributed by atoms with Crippen LogP contribution in [0.1, 0.15) is 12.0 Å². The van der Waals surface area contributed by atoms with Crippen molar-refractivity contribution in [2.75, 3.05) is 13.7 Å². The highest BCUT2D eigenvalue weighted by Crippen LogP contribution is 2.18. The van der Waals surface area contributed by atoms with Gasteiger partial charge in [-0.15, -0.1) is 0 Å². The maximum absolute atomic E-state index is 9.66. The molecule has 0 fully saturated rings. The number of hydrogen-bond acceptors (Lipinski definition) is 2. The van der Waals surface area contributed by atoms with Gasteiger partial charge < -0.3 is 9.84 Å². The second-order valence-corrected chi connectivity index (χ2v) is 4.09. The van der Waals surface area contributed by atoms with Crippen molar-refractivity contribution in [1.82, 2.24) is 0 Å². The molecule has 0 saturated carbocycles. The van der Waals surface area contributed by atoms with Crippen LogP contribution in [-0.4, -0.2) is 24.9 Å². The van der Waals surface area contributed by atoms with Crippen LogP contribution in [0.2, 0.25) is 0 Å². The van der Waals surface area contributed by atoms with E-state index in [2.05, 4.69) is 15.9 Å². The SMILES string of the molecule is COCCC(O)Cc1ccccc1Br. The zero-order valence-electron chi connectivity index (χ0n) is 8.24. The van der Waals surface area contributed by atoms with Gasteiger partial charge in [-0.3, -0.25) is 0 Å². The number of aliphatic hydroxyl groups is 1. The summed E-state index contributed by atoms with van der Waals surface area (Å²) < 4.78 is 5.96. The Balaban J connectivity index is 2.47. The van der Waals surface area contributed by atoms with Crippen molar-refractivity contribution in [2.24, 2.45) is 0 Å². The first-order valence-electron chi connectivity index (χ1n) is 4.64. The highest BCUT2D eigenvalue weighted by molar-refractivity contribution is 9.10. The lowest BCUT2D eigenvalue weighted by Crippen LogP contribution is -2.13. The quantitative estimate of drug-likeness (QED) is 0.879. The molecule has 0 aliphatic rings. The molecule has 0 aliphatic heterocycles. The Morgan fingerprint density at radius 3 is 2.79 bits per heavy atom. The summed E-state index contributed by atoms with van der Waals surface area (Å²) in [6.45, 7) is 0.603. The summed E-state index contributed by atoms with van der Waals surface area (Å²) in [4.78, 5) is 0. The number of benzene rings is 1. The number of rotatable bonds is 5. The smallest absolute Gasteiger partial charge is 0.0602 e. The second-order valence-electron chi connectivity index (χ2n) is 3.23. The zero-order valence-corrected chi connectivity index (χ0v) is 9.83. The topological polar surface area (TPSA) is 29.5 Å². The summed E-state index contributed by atoms with van der Waals surface area (Å²) in [5.41, 5.74) is 1.14. The van der Waals surface area contributed by atoms with Crippen molar-refractivity contribution in [1.29, 1.82) is 0 Å². The molecule has 78 valence electrons. The minimum atomic E-state index is -0.325. The van der Waals surface area contributed by atoms with E-state index in [0.717, 1.165) is 10.0 Å². The van der Waals surface area contributed by atoms with Crippen LogP contribution in [0.4, 0.5) is 0 Å². The molecule has 0 amide bonds. The van der Waals surface area contributed by atoms with Crippen LogP contribution in [0.15, 0.2) is 28.7 Å². The first-order valence-corrected chi connectivity index (χ1v) is 5.43. The lowest BCUT2D eigenvalue weighted by atomic mass is 10.1. The Kier molecular flexibility index (Phi) is 5.15. The summed E-state index contributed by atoms with van der Waals surface area (Å²) in [6.07, 6.45) is 1.02. The Labute approximate surface area is 93.0 Å². The maximum atomic E-state index is 9.66. The standard InChI is InChI=1S/C11H15BrO2/c1-14-7-6-10(13)8-9-4-2-3-5-11(9)12/h2-5,10,13H,6-8H2,1H3. The lowest BCUT2D eigenvalue weighted by Gasteiger charge is -2.10. The van der Waals surface area contributed by atoms with E-state index in [1.807, 2.05) is 24.3 Å². The third kappa shape index (κ3) is 3.78. The zero-order chi connectivity index (χ0) is 10.4. The molecule has 0 spiro atoms. The van der Waals surface area contributed by atoms with Crippen molar-refractivity contribution in [2.45, 2.75) is 18.9 Å². The second kappa shape index (κ2) is 6.17. The summed E-state index contributed by atoms with van der Waals surface area (Å²) >= 11 is 3.45. The molecule has 1 unspecified atom stereocenters. The van der Waals surface area contributed by atoms with E-state index >= 15 is 0 Å². The summed E-state index contributed by atoms with van der Waals surface area (Å²) in [5.74, 6) is 0. The summed E-state index contributed by atoms with van der Waals surface area (Å²) in [6, 6.07) is 7.94. The van der Waals surface area contributed by atoms with E-state index in [1.165, 1.54) is 0 Å². The minimum absolute atomic E-state index is 0.325. The van der Waals surface area contributed by atoms with Crippen LogP contribution in [0.25, 0.3) is 0 Å². The van der Waals surface area contributed by atoms with Gasteiger partial charge in [0.15, 0.2) is 0 Å². The number of methoxy groups -OCH3 is 1. The van der Waals surface area contributed by atoms with E-state index in [1.54, 1.807) is 7.11 Å². The highest BCUT2D eigenvalue weighted by Gasteiger charge is 2.07. The third-order valence-corrected chi connectivity index (χ3v) is 2.84. The van der Waals surface area contributed by atoms with Crippen molar-refractivity contribution in [3.05, 3.63) is 34.3 Å². The van der Waals surface area contributed by atoms with Crippen LogP contribution >= 0.6 is 15.9 Å². The van der Waals surface area contributed by atoms with E-state index in [0.29, 0.717) is 19.4 Å². The third-order valence-electron chi connectivity index (χ3n) is 2.07. The molecule has 0 bridgehead atoms. The van der Waals surface area contributed by atoms with E-state index in [9.17, 15) is 5.11 Å². The van der Waals surface area contributed by atoms with Gasteiger partial charge in [-0.1, -0.05) is 34.1 Å². The fraction of sp³-hybridized carbons (Fsp3) is 0.455. The molecule has 1 atom stereocenters. The fourth-order valence-electron chi connectivity index (χ4n) is 1.27. The Bertz CT molecular complexity index is 276. The van der Waals surface area contributed by atoms with E-state index < -0.39 is 0 Å². The van der Waals surface area contributed by atoms with E-state index in [-0.39, 0.29) is 6.10 Å². The molecule has 1 N–H and O–H groups in total. The predicted molar refractivity (Wildman–Crippen MR) is 60.3 cm³/mol. The van der Waals surface area contributed by atoms with Gasteiger partial charge in [0.25, 0.3) is 0 Å². The van der Waals surface area contributed by atoms with Crippen LogP contribution in [0, 0.1) is 0 Å². The number of ether oxygens (including phenoxy) is 1. The molecule has 14 heavy (non-hydrogen) atoms. The van der Waals surface area contributed by atoms with Crippen molar-refractivity contribution >= 4 is 15.9 Å². The Morgan fingerprint density at radius 2 is 2.14 bits per heavy atom. The maximum Gasteiger partial charge on any atom is 0.0602 e. The number of halogens is 1. The van der Waals surface area contributed by atoms with Crippen LogP contribution in [0.5, 0.6) is 0 Å².